The summed E-state index contributed by atoms with van der Waals surface area (Å²) in [5.74, 6) is -1.91. The van der Waals surface area contributed by atoms with E-state index in [2.05, 4.69) is 0 Å². The maximum Gasteiger partial charge on any atom is 0.160 e. The molecule has 3 nitrogen and oxygen atoms in total. The fraction of sp³-hybridized carbons (Fsp3) is 0. The van der Waals surface area contributed by atoms with Gasteiger partial charge in [0.05, 0.1) is 5.56 Å². The van der Waals surface area contributed by atoms with Crippen molar-refractivity contribution in [2.24, 2.45) is 0 Å². The maximum absolute atomic E-state index is 12.5. The average molecular weight is 153 g/mol. The molecule has 1 aromatic rings. The number of hydrogen-bond donors (Lipinski definition) is 2. The molecule has 0 amide bonds. The SMILES string of the molecule is N#Cc1cc(O)c(O)cc1F. The highest BCUT2D eigenvalue weighted by Crippen LogP contribution is 2.26. The van der Waals surface area contributed by atoms with Gasteiger partial charge in [0.2, 0.25) is 0 Å². The molecule has 0 radical (unpaired) electrons. The van der Waals surface area contributed by atoms with Gasteiger partial charge in [-0.15, -0.1) is 0 Å². The van der Waals surface area contributed by atoms with Crippen molar-refractivity contribution in [3.05, 3.63) is 23.5 Å². The minimum atomic E-state index is -0.845. The first-order chi connectivity index (χ1) is 5.15. The van der Waals surface area contributed by atoms with E-state index in [4.69, 9.17) is 15.5 Å². The minimum absolute atomic E-state index is 0.291. The van der Waals surface area contributed by atoms with Crippen molar-refractivity contribution < 1.29 is 14.6 Å². The Kier molecular flexibility index (Phi) is 1.65. The number of rotatable bonds is 0. The van der Waals surface area contributed by atoms with Crippen molar-refractivity contribution >= 4 is 0 Å². The second-order valence-corrected chi connectivity index (χ2v) is 1.93. The summed E-state index contributed by atoms with van der Waals surface area (Å²) < 4.78 is 12.5. The quantitative estimate of drug-likeness (QED) is 0.548. The molecule has 0 spiro atoms. The van der Waals surface area contributed by atoms with E-state index >= 15 is 0 Å². The van der Waals surface area contributed by atoms with Crippen LogP contribution in [0.15, 0.2) is 12.1 Å². The third kappa shape index (κ3) is 1.22. The van der Waals surface area contributed by atoms with Crippen LogP contribution in [0.25, 0.3) is 0 Å². The molecule has 0 bridgehead atoms. The summed E-state index contributed by atoms with van der Waals surface area (Å²) >= 11 is 0. The molecule has 11 heavy (non-hydrogen) atoms. The summed E-state index contributed by atoms with van der Waals surface area (Å²) in [6.07, 6.45) is 0. The van der Waals surface area contributed by atoms with Gasteiger partial charge in [0.1, 0.15) is 11.9 Å². The first kappa shape index (κ1) is 7.35. The molecule has 0 aromatic heterocycles. The predicted molar refractivity (Wildman–Crippen MR) is 34.4 cm³/mol. The van der Waals surface area contributed by atoms with Crippen molar-refractivity contribution in [1.29, 1.82) is 5.26 Å². The van der Waals surface area contributed by atoms with Crippen molar-refractivity contribution in [3.8, 4) is 17.6 Å². The van der Waals surface area contributed by atoms with Crippen LogP contribution < -0.4 is 0 Å². The predicted octanol–water partition coefficient (Wildman–Crippen LogP) is 1.11. The highest BCUT2D eigenvalue weighted by atomic mass is 19.1. The van der Waals surface area contributed by atoms with E-state index < -0.39 is 17.3 Å². The molecule has 0 saturated carbocycles. The summed E-state index contributed by atoms with van der Waals surface area (Å²) in [5.41, 5.74) is -0.291. The number of hydrogen-bond acceptors (Lipinski definition) is 3. The van der Waals surface area contributed by atoms with Crippen LogP contribution in [-0.4, -0.2) is 10.2 Å². The lowest BCUT2D eigenvalue weighted by Gasteiger charge is -1.97. The first-order valence-corrected chi connectivity index (χ1v) is 2.76. The third-order valence-electron chi connectivity index (χ3n) is 1.18. The van der Waals surface area contributed by atoms with Crippen LogP contribution in [0, 0.1) is 17.1 Å². The van der Waals surface area contributed by atoms with E-state index in [1.54, 1.807) is 0 Å². The summed E-state index contributed by atoms with van der Waals surface area (Å²) in [7, 11) is 0. The van der Waals surface area contributed by atoms with Crippen LogP contribution in [-0.2, 0) is 0 Å². The van der Waals surface area contributed by atoms with Gasteiger partial charge in [0.15, 0.2) is 11.5 Å². The highest BCUT2D eigenvalue weighted by Gasteiger charge is 2.06. The van der Waals surface area contributed by atoms with Crippen LogP contribution in [0.3, 0.4) is 0 Å². The largest absolute Gasteiger partial charge is 0.504 e. The van der Waals surface area contributed by atoms with Gasteiger partial charge in [-0.25, -0.2) is 4.39 Å². The minimum Gasteiger partial charge on any atom is -0.504 e. The molecule has 2 N–H and O–H groups in total. The average Bonchev–Trinajstić information content (AvgIpc) is 1.97. The van der Waals surface area contributed by atoms with Gasteiger partial charge in [0.25, 0.3) is 0 Å². The lowest BCUT2D eigenvalue weighted by atomic mass is 10.2. The van der Waals surface area contributed by atoms with Gasteiger partial charge in [0, 0.05) is 12.1 Å². The van der Waals surface area contributed by atoms with Crippen LogP contribution >= 0.6 is 0 Å². The summed E-state index contributed by atoms with van der Waals surface area (Å²) in [6.45, 7) is 0. The van der Waals surface area contributed by atoms with Crippen LogP contribution in [0.5, 0.6) is 11.5 Å². The molecule has 0 aliphatic rings. The van der Waals surface area contributed by atoms with Crippen LogP contribution in [0.4, 0.5) is 4.39 Å². The summed E-state index contributed by atoms with van der Waals surface area (Å²) in [4.78, 5) is 0. The zero-order valence-electron chi connectivity index (χ0n) is 5.37. The van der Waals surface area contributed by atoms with E-state index in [1.807, 2.05) is 0 Å². The molecule has 0 aliphatic carbocycles. The normalized spacial score (nSPS) is 9.09. The number of phenolic OH excluding ortho intramolecular Hbond substituents is 2. The molecule has 1 aromatic carbocycles. The van der Waals surface area contributed by atoms with Crippen molar-refractivity contribution in [2.45, 2.75) is 0 Å². The number of benzene rings is 1. The molecule has 0 heterocycles. The Labute approximate surface area is 61.9 Å². The van der Waals surface area contributed by atoms with Crippen molar-refractivity contribution in [2.75, 3.05) is 0 Å². The Hall–Kier alpha value is -1.76. The molecule has 0 atom stereocenters. The smallest absolute Gasteiger partial charge is 0.160 e. The molecular formula is C7H4FNO2. The Morgan fingerprint density at radius 2 is 1.82 bits per heavy atom. The molecule has 0 unspecified atom stereocenters. The van der Waals surface area contributed by atoms with E-state index in [9.17, 15) is 4.39 Å². The molecule has 1 rings (SSSR count). The van der Waals surface area contributed by atoms with E-state index in [1.165, 1.54) is 6.07 Å². The van der Waals surface area contributed by atoms with Gasteiger partial charge in [-0.3, -0.25) is 0 Å². The third-order valence-corrected chi connectivity index (χ3v) is 1.18. The van der Waals surface area contributed by atoms with Crippen LogP contribution in [0.1, 0.15) is 5.56 Å². The van der Waals surface area contributed by atoms with E-state index in [-0.39, 0.29) is 5.56 Å². The van der Waals surface area contributed by atoms with Gasteiger partial charge in [-0.05, 0) is 0 Å². The second-order valence-electron chi connectivity index (χ2n) is 1.93. The zero-order valence-corrected chi connectivity index (χ0v) is 5.37. The fourth-order valence-electron chi connectivity index (χ4n) is 0.637. The van der Waals surface area contributed by atoms with Gasteiger partial charge >= 0.3 is 0 Å². The van der Waals surface area contributed by atoms with E-state index in [0.29, 0.717) is 6.07 Å². The Morgan fingerprint density at radius 3 is 2.36 bits per heavy atom. The first-order valence-electron chi connectivity index (χ1n) is 2.76. The number of phenols is 2. The summed E-state index contributed by atoms with van der Waals surface area (Å²) in [5, 5.41) is 25.8. The summed E-state index contributed by atoms with van der Waals surface area (Å²) in [6, 6.07) is 3.07. The van der Waals surface area contributed by atoms with Crippen molar-refractivity contribution in [1.82, 2.24) is 0 Å². The number of nitrogens with zero attached hydrogens (tertiary/aromatic N) is 1. The number of halogens is 1. The second kappa shape index (κ2) is 2.46. The zero-order chi connectivity index (χ0) is 8.43. The molecule has 0 saturated heterocycles. The lowest BCUT2D eigenvalue weighted by molar-refractivity contribution is 0.399. The van der Waals surface area contributed by atoms with Crippen LogP contribution in [0.2, 0.25) is 0 Å². The standard InChI is InChI=1S/C7H4FNO2/c8-5-2-7(11)6(10)1-4(5)3-9/h1-2,10-11H. The van der Waals surface area contributed by atoms with E-state index in [0.717, 1.165) is 6.07 Å². The Morgan fingerprint density at radius 1 is 1.27 bits per heavy atom. The molecule has 4 heteroatoms. The van der Waals surface area contributed by atoms with Gasteiger partial charge in [-0.2, -0.15) is 5.26 Å². The number of aromatic hydroxyl groups is 2. The molecule has 0 fully saturated rings. The van der Waals surface area contributed by atoms with Crippen molar-refractivity contribution in [3.63, 3.8) is 0 Å². The molecule has 0 aliphatic heterocycles. The maximum atomic E-state index is 12.5. The topological polar surface area (TPSA) is 64.2 Å². The Balaban J connectivity index is 3.35. The Bertz CT molecular complexity index is 330. The highest BCUT2D eigenvalue weighted by molar-refractivity contribution is 5.45. The monoisotopic (exact) mass is 153 g/mol. The molecule has 56 valence electrons. The van der Waals surface area contributed by atoms with Gasteiger partial charge in [-0.1, -0.05) is 0 Å². The fourth-order valence-corrected chi connectivity index (χ4v) is 0.637. The molecular weight excluding hydrogens is 149 g/mol. The van der Waals surface area contributed by atoms with Gasteiger partial charge < -0.3 is 10.2 Å². The lowest BCUT2D eigenvalue weighted by Crippen LogP contribution is -1.82. The number of nitriles is 1.